The first kappa shape index (κ1) is 21.4. The predicted octanol–water partition coefficient (Wildman–Crippen LogP) is 4.48. The van der Waals surface area contributed by atoms with Gasteiger partial charge in [-0.3, -0.25) is 14.6 Å². The van der Waals surface area contributed by atoms with E-state index in [1.54, 1.807) is 30.3 Å². The fourth-order valence-electron chi connectivity index (χ4n) is 3.73. The number of aromatic nitrogens is 1. The molecule has 0 saturated carbocycles. The summed E-state index contributed by atoms with van der Waals surface area (Å²) >= 11 is 0. The molecule has 32 heavy (non-hydrogen) atoms. The maximum atomic E-state index is 13.1. The monoisotopic (exact) mass is 432 g/mol. The molecule has 3 aromatic rings. The summed E-state index contributed by atoms with van der Waals surface area (Å²) in [6.45, 7) is 2.75. The second kappa shape index (κ2) is 9.51. The molecule has 7 heteroatoms. The Hall–Kier alpha value is -3.87. The number of Topliss-reactive ketones (excluding diaryl/α,β-unsaturated/α-hetero) is 1. The highest BCUT2D eigenvalue weighted by molar-refractivity contribution is 6.46. The summed E-state index contributed by atoms with van der Waals surface area (Å²) in [7, 11) is 0. The Morgan fingerprint density at radius 3 is 2.69 bits per heavy atom. The van der Waals surface area contributed by atoms with Gasteiger partial charge in [0.2, 0.25) is 0 Å². The number of aliphatic hydroxyl groups is 1. The Bertz CT molecular complexity index is 1120. The summed E-state index contributed by atoms with van der Waals surface area (Å²) in [4.78, 5) is 31.4. The van der Waals surface area contributed by atoms with Gasteiger partial charge in [-0.25, -0.2) is 0 Å². The van der Waals surface area contributed by atoms with Crippen LogP contribution in [0, 0.1) is 0 Å². The molecule has 0 bridgehead atoms. The Kier molecular flexibility index (Phi) is 6.35. The molecular weight excluding hydrogens is 408 g/mol. The van der Waals surface area contributed by atoms with Crippen LogP contribution >= 0.6 is 0 Å². The molecule has 1 fully saturated rings. The quantitative estimate of drug-likeness (QED) is 0.244. The average molecular weight is 432 g/mol. The molecule has 0 radical (unpaired) electrons. The summed E-state index contributed by atoms with van der Waals surface area (Å²) < 4.78 is 11.2. The highest BCUT2D eigenvalue weighted by Crippen LogP contribution is 2.41. The van der Waals surface area contributed by atoms with E-state index in [2.05, 4.69) is 11.9 Å². The third-order valence-electron chi connectivity index (χ3n) is 5.34. The Balaban J connectivity index is 1.79. The van der Waals surface area contributed by atoms with Gasteiger partial charge in [-0.05, 0) is 48.4 Å². The third-order valence-corrected chi connectivity index (χ3v) is 5.34. The number of unbranched alkanes of at least 4 members (excludes halogenated alkanes) is 1. The van der Waals surface area contributed by atoms with E-state index in [0.29, 0.717) is 29.2 Å². The van der Waals surface area contributed by atoms with Gasteiger partial charge in [0.05, 0.1) is 31.0 Å². The first-order chi connectivity index (χ1) is 15.6. The molecule has 1 aliphatic heterocycles. The molecular formula is C25H24N2O5. The van der Waals surface area contributed by atoms with Crippen molar-refractivity contribution in [2.75, 3.05) is 6.61 Å². The highest BCUT2D eigenvalue weighted by atomic mass is 16.5. The van der Waals surface area contributed by atoms with Gasteiger partial charge in [0.15, 0.2) is 0 Å². The van der Waals surface area contributed by atoms with Crippen LogP contribution in [0.2, 0.25) is 0 Å². The molecule has 1 amide bonds. The van der Waals surface area contributed by atoms with Crippen molar-refractivity contribution in [3.63, 3.8) is 0 Å². The first-order valence-corrected chi connectivity index (χ1v) is 10.5. The largest absolute Gasteiger partial charge is 0.507 e. The number of likely N-dealkylation sites (tertiary alicyclic amines) is 1. The van der Waals surface area contributed by atoms with Crippen LogP contribution in [0.1, 0.15) is 42.7 Å². The molecule has 2 aromatic heterocycles. The van der Waals surface area contributed by atoms with E-state index in [1.165, 1.54) is 23.6 Å². The van der Waals surface area contributed by atoms with Crippen molar-refractivity contribution in [3.05, 3.63) is 89.6 Å². The van der Waals surface area contributed by atoms with Gasteiger partial charge >= 0.3 is 0 Å². The second-order valence-corrected chi connectivity index (χ2v) is 7.52. The SMILES string of the molecule is CCCCOc1cccc(C2/C(=C(\O)c3ccncc3)C(=O)C(=O)N2Cc2ccco2)c1. The van der Waals surface area contributed by atoms with Crippen LogP contribution < -0.4 is 4.74 Å². The van der Waals surface area contributed by atoms with Crippen molar-refractivity contribution in [2.45, 2.75) is 32.4 Å². The zero-order valence-corrected chi connectivity index (χ0v) is 17.7. The zero-order valence-electron chi connectivity index (χ0n) is 17.7. The van der Waals surface area contributed by atoms with E-state index >= 15 is 0 Å². The van der Waals surface area contributed by atoms with Gasteiger partial charge < -0.3 is 19.2 Å². The number of hydrogen-bond acceptors (Lipinski definition) is 6. The predicted molar refractivity (Wildman–Crippen MR) is 118 cm³/mol. The van der Waals surface area contributed by atoms with Crippen LogP contribution in [-0.4, -0.2) is 33.3 Å². The highest BCUT2D eigenvalue weighted by Gasteiger charge is 2.46. The number of carbonyl (C=O) groups is 2. The molecule has 3 heterocycles. The van der Waals surface area contributed by atoms with Crippen LogP contribution in [0.25, 0.3) is 5.76 Å². The van der Waals surface area contributed by atoms with Crippen molar-refractivity contribution in [3.8, 4) is 5.75 Å². The van der Waals surface area contributed by atoms with Crippen LogP contribution in [0.15, 0.2) is 77.2 Å². The lowest BCUT2D eigenvalue weighted by atomic mass is 9.95. The number of pyridine rings is 1. The second-order valence-electron chi connectivity index (χ2n) is 7.52. The summed E-state index contributed by atoms with van der Waals surface area (Å²) in [5.41, 5.74) is 1.11. The molecule has 4 rings (SSSR count). The maximum absolute atomic E-state index is 13.1. The normalized spacial score (nSPS) is 17.7. The molecule has 7 nitrogen and oxygen atoms in total. The minimum Gasteiger partial charge on any atom is -0.507 e. The third kappa shape index (κ3) is 4.27. The number of ketones is 1. The molecule has 0 aliphatic carbocycles. The summed E-state index contributed by atoms with van der Waals surface area (Å²) in [5.74, 6) is -0.498. The van der Waals surface area contributed by atoms with Gasteiger partial charge in [0.1, 0.15) is 17.3 Å². The first-order valence-electron chi connectivity index (χ1n) is 10.5. The minimum absolute atomic E-state index is 0.0264. The Labute approximate surface area is 186 Å². The van der Waals surface area contributed by atoms with E-state index < -0.39 is 17.7 Å². The van der Waals surface area contributed by atoms with Gasteiger partial charge in [-0.1, -0.05) is 25.5 Å². The van der Waals surface area contributed by atoms with Crippen LogP contribution in [0.5, 0.6) is 5.75 Å². The van der Waals surface area contributed by atoms with Crippen molar-refractivity contribution in [1.82, 2.24) is 9.88 Å². The van der Waals surface area contributed by atoms with Gasteiger partial charge in [0.25, 0.3) is 11.7 Å². The number of amides is 1. The van der Waals surface area contributed by atoms with E-state index in [0.717, 1.165) is 12.8 Å². The van der Waals surface area contributed by atoms with Crippen LogP contribution in [0.3, 0.4) is 0 Å². The lowest BCUT2D eigenvalue weighted by molar-refractivity contribution is -0.140. The lowest BCUT2D eigenvalue weighted by Gasteiger charge is -2.25. The van der Waals surface area contributed by atoms with Crippen molar-refractivity contribution >= 4 is 17.4 Å². The number of carbonyl (C=O) groups excluding carboxylic acids is 2. The molecule has 0 spiro atoms. The molecule has 1 atom stereocenters. The fourth-order valence-corrected chi connectivity index (χ4v) is 3.73. The lowest BCUT2D eigenvalue weighted by Crippen LogP contribution is -2.29. The average Bonchev–Trinajstić information content (AvgIpc) is 3.42. The fraction of sp³-hybridized carbons (Fsp3) is 0.240. The number of aliphatic hydroxyl groups excluding tert-OH is 1. The van der Waals surface area contributed by atoms with Gasteiger partial charge in [-0.15, -0.1) is 0 Å². The van der Waals surface area contributed by atoms with Crippen molar-refractivity contribution in [1.29, 1.82) is 0 Å². The maximum Gasteiger partial charge on any atom is 0.296 e. The van der Waals surface area contributed by atoms with E-state index in [1.807, 2.05) is 18.2 Å². The van der Waals surface area contributed by atoms with Gasteiger partial charge in [-0.2, -0.15) is 0 Å². The Morgan fingerprint density at radius 2 is 1.97 bits per heavy atom. The minimum atomic E-state index is -0.789. The van der Waals surface area contributed by atoms with E-state index in [-0.39, 0.29) is 17.9 Å². The molecule has 1 saturated heterocycles. The number of rotatable bonds is 8. The number of hydrogen-bond donors (Lipinski definition) is 1. The molecule has 164 valence electrons. The topological polar surface area (TPSA) is 92.9 Å². The van der Waals surface area contributed by atoms with E-state index in [9.17, 15) is 14.7 Å². The number of furan rings is 1. The summed E-state index contributed by atoms with van der Waals surface area (Å²) in [6, 6.07) is 13.1. The molecule has 1 N–H and O–H groups in total. The summed E-state index contributed by atoms with van der Waals surface area (Å²) in [5, 5.41) is 11.0. The standard InChI is InChI=1S/C25H24N2O5/c1-2-3-13-31-19-7-4-6-18(15-19)22-21(23(28)17-9-11-26-12-10-17)24(29)25(30)27(22)16-20-8-5-14-32-20/h4-12,14-15,22,28H,2-3,13,16H2,1H3/b23-21+. The molecule has 1 unspecified atom stereocenters. The van der Waals surface area contributed by atoms with Crippen molar-refractivity contribution in [2.24, 2.45) is 0 Å². The Morgan fingerprint density at radius 1 is 1.16 bits per heavy atom. The number of nitrogens with zero attached hydrogens (tertiary/aromatic N) is 2. The smallest absolute Gasteiger partial charge is 0.296 e. The number of benzene rings is 1. The zero-order chi connectivity index (χ0) is 22.5. The summed E-state index contributed by atoms with van der Waals surface area (Å²) in [6.07, 6.45) is 6.48. The van der Waals surface area contributed by atoms with Crippen LogP contribution in [0.4, 0.5) is 0 Å². The van der Waals surface area contributed by atoms with Crippen molar-refractivity contribution < 1.29 is 23.8 Å². The van der Waals surface area contributed by atoms with Gasteiger partial charge in [0, 0.05) is 18.0 Å². The molecule has 1 aliphatic rings. The molecule has 1 aromatic carbocycles. The van der Waals surface area contributed by atoms with Crippen LogP contribution in [-0.2, 0) is 16.1 Å². The number of ether oxygens (including phenoxy) is 1. The van der Waals surface area contributed by atoms with E-state index in [4.69, 9.17) is 9.15 Å².